The summed E-state index contributed by atoms with van der Waals surface area (Å²) in [4.78, 5) is 4.70. The van der Waals surface area contributed by atoms with Gasteiger partial charge in [-0.2, -0.15) is 0 Å². The molecular weight excluding hydrogens is 598 g/mol. The van der Waals surface area contributed by atoms with Gasteiger partial charge in [-0.25, -0.2) is 0 Å². The third kappa shape index (κ3) is 13.4. The van der Waals surface area contributed by atoms with Crippen LogP contribution in [0.25, 0.3) is 11.1 Å². The zero-order valence-electron chi connectivity index (χ0n) is 29.3. The molecule has 1 aliphatic rings. The molecule has 0 spiro atoms. The number of hydrogen-bond acceptors (Lipinski definition) is 8. The van der Waals surface area contributed by atoms with Crippen LogP contribution in [0.15, 0.2) is 84.9 Å². The van der Waals surface area contributed by atoms with Crippen molar-refractivity contribution in [2.75, 3.05) is 98.4 Å². The van der Waals surface area contributed by atoms with Crippen molar-refractivity contribution in [1.82, 2.24) is 25.8 Å². The Bertz CT molecular complexity index is 1270. The number of rotatable bonds is 17. The molecular formula is C40H59N5O3. The molecule has 4 N–H and O–H groups in total. The van der Waals surface area contributed by atoms with Crippen molar-refractivity contribution in [1.29, 1.82) is 0 Å². The smallest absolute Gasteiger partial charge is 0.119 e. The highest BCUT2D eigenvalue weighted by Gasteiger charge is 2.16. The van der Waals surface area contributed by atoms with Gasteiger partial charge in [-0.3, -0.25) is 4.90 Å². The molecule has 262 valence electrons. The molecule has 1 heterocycles. The fourth-order valence-corrected chi connectivity index (χ4v) is 6.14. The first-order chi connectivity index (χ1) is 23.7. The topological polar surface area (TPSA) is 81.3 Å². The predicted molar refractivity (Wildman–Crippen MR) is 200 cm³/mol. The first-order valence-corrected chi connectivity index (χ1v) is 18.1. The first kappa shape index (κ1) is 37.7. The molecule has 1 fully saturated rings. The Kier molecular flexibility index (Phi) is 17.7. The SMILES string of the molecule is CCN(CC)CCOc1ccc(C(=C(CCCOCC(O)CN2CCNCCNCCNCC2)c2ccccc2)c2ccccc2)cc1. The number of hydrogen-bond donors (Lipinski definition) is 4. The highest BCUT2D eigenvalue weighted by Crippen LogP contribution is 2.35. The van der Waals surface area contributed by atoms with Crippen molar-refractivity contribution < 1.29 is 14.6 Å². The molecule has 0 aliphatic carbocycles. The summed E-state index contributed by atoms with van der Waals surface area (Å²) in [6.45, 7) is 17.1. The van der Waals surface area contributed by atoms with E-state index in [-0.39, 0.29) is 0 Å². The van der Waals surface area contributed by atoms with Crippen molar-refractivity contribution in [2.24, 2.45) is 0 Å². The maximum Gasteiger partial charge on any atom is 0.119 e. The van der Waals surface area contributed by atoms with E-state index in [1.54, 1.807) is 0 Å². The summed E-state index contributed by atoms with van der Waals surface area (Å²) in [7, 11) is 0. The molecule has 1 saturated heterocycles. The Hall–Kier alpha value is -3.08. The van der Waals surface area contributed by atoms with Crippen LogP contribution in [0.3, 0.4) is 0 Å². The lowest BCUT2D eigenvalue weighted by Crippen LogP contribution is -2.44. The average Bonchev–Trinajstić information content (AvgIpc) is 3.12. The van der Waals surface area contributed by atoms with E-state index >= 15 is 0 Å². The van der Waals surface area contributed by atoms with E-state index in [1.165, 1.54) is 27.8 Å². The third-order valence-corrected chi connectivity index (χ3v) is 8.86. The van der Waals surface area contributed by atoms with Gasteiger partial charge in [0.05, 0.1) is 12.7 Å². The molecule has 3 aromatic carbocycles. The maximum absolute atomic E-state index is 10.9. The molecule has 48 heavy (non-hydrogen) atoms. The van der Waals surface area contributed by atoms with Crippen LogP contribution in [0.2, 0.25) is 0 Å². The minimum Gasteiger partial charge on any atom is -0.492 e. The zero-order chi connectivity index (χ0) is 33.7. The zero-order valence-corrected chi connectivity index (χ0v) is 29.3. The highest BCUT2D eigenvalue weighted by atomic mass is 16.5. The quantitative estimate of drug-likeness (QED) is 0.124. The van der Waals surface area contributed by atoms with Crippen molar-refractivity contribution in [2.45, 2.75) is 32.8 Å². The predicted octanol–water partition coefficient (Wildman–Crippen LogP) is 4.61. The van der Waals surface area contributed by atoms with E-state index in [0.717, 1.165) is 90.6 Å². The van der Waals surface area contributed by atoms with E-state index in [2.05, 4.69) is 125 Å². The van der Waals surface area contributed by atoms with Crippen LogP contribution in [-0.4, -0.2) is 119 Å². The van der Waals surface area contributed by atoms with Gasteiger partial charge in [0.1, 0.15) is 12.4 Å². The normalized spacial score (nSPS) is 16.5. The number of benzene rings is 3. The van der Waals surface area contributed by atoms with Crippen LogP contribution in [0, 0.1) is 0 Å². The standard InChI is InChI=1S/C40H59N5O3/c1-3-44(4-2)29-31-48-38-19-17-36(18-20-38)40(35-14-9-6-10-15-35)39(34-12-7-5-8-13-34)16-11-30-47-33-37(46)32-45-27-25-42-23-21-41-22-24-43-26-28-45/h5-10,12-15,17-20,37,41-43,46H,3-4,11,16,21-33H2,1-2H3. The van der Waals surface area contributed by atoms with Gasteiger partial charge in [-0.1, -0.05) is 86.6 Å². The summed E-state index contributed by atoms with van der Waals surface area (Å²) in [6.07, 6.45) is 1.19. The molecule has 0 bridgehead atoms. The minimum atomic E-state index is -0.517. The van der Waals surface area contributed by atoms with Gasteiger partial charge in [-0.15, -0.1) is 0 Å². The van der Waals surface area contributed by atoms with Gasteiger partial charge in [0.2, 0.25) is 0 Å². The lowest BCUT2D eigenvalue weighted by Gasteiger charge is -2.26. The summed E-state index contributed by atoms with van der Waals surface area (Å²) in [5, 5.41) is 21.3. The van der Waals surface area contributed by atoms with E-state index in [0.29, 0.717) is 26.4 Å². The Labute approximate surface area is 289 Å². The third-order valence-electron chi connectivity index (χ3n) is 8.86. The lowest BCUT2D eigenvalue weighted by atomic mass is 9.87. The van der Waals surface area contributed by atoms with Crippen LogP contribution in [0.5, 0.6) is 5.75 Å². The molecule has 3 aromatic rings. The number of allylic oxidation sites excluding steroid dienone is 1. The Balaban J connectivity index is 1.40. The number of nitrogens with one attached hydrogen (secondary N) is 3. The summed E-state index contributed by atoms with van der Waals surface area (Å²) in [5.74, 6) is 0.893. The molecule has 1 atom stereocenters. The van der Waals surface area contributed by atoms with E-state index in [9.17, 15) is 5.11 Å². The van der Waals surface area contributed by atoms with Crippen molar-refractivity contribution in [3.05, 3.63) is 102 Å². The van der Waals surface area contributed by atoms with Crippen LogP contribution >= 0.6 is 0 Å². The number of β-amino-alcohol motifs (C(OH)–C–C–N with tert-alkyl or cyclic N) is 1. The van der Waals surface area contributed by atoms with Crippen molar-refractivity contribution >= 4 is 11.1 Å². The van der Waals surface area contributed by atoms with E-state index in [4.69, 9.17) is 9.47 Å². The molecule has 0 radical (unpaired) electrons. The van der Waals surface area contributed by atoms with Gasteiger partial charge in [0, 0.05) is 72.1 Å². The Morgan fingerprint density at radius 1 is 0.729 bits per heavy atom. The van der Waals surface area contributed by atoms with Gasteiger partial charge in [0.25, 0.3) is 0 Å². The number of aliphatic hydroxyl groups is 1. The first-order valence-electron chi connectivity index (χ1n) is 18.1. The van der Waals surface area contributed by atoms with Gasteiger partial charge >= 0.3 is 0 Å². The number of likely N-dealkylation sites (N-methyl/N-ethyl adjacent to an activating group) is 1. The van der Waals surface area contributed by atoms with Crippen LogP contribution in [0.4, 0.5) is 0 Å². The Morgan fingerprint density at radius 2 is 1.29 bits per heavy atom. The summed E-state index contributed by atoms with van der Waals surface area (Å²) < 4.78 is 12.2. The van der Waals surface area contributed by atoms with Crippen molar-refractivity contribution in [3.63, 3.8) is 0 Å². The van der Waals surface area contributed by atoms with Crippen molar-refractivity contribution in [3.8, 4) is 5.75 Å². The number of aliphatic hydroxyl groups excluding tert-OH is 1. The fourth-order valence-electron chi connectivity index (χ4n) is 6.14. The molecule has 8 nitrogen and oxygen atoms in total. The van der Waals surface area contributed by atoms with E-state index in [1.807, 2.05) is 0 Å². The van der Waals surface area contributed by atoms with Crippen LogP contribution in [-0.2, 0) is 4.74 Å². The highest BCUT2D eigenvalue weighted by molar-refractivity contribution is 5.98. The summed E-state index contributed by atoms with van der Waals surface area (Å²) in [6, 6.07) is 29.9. The monoisotopic (exact) mass is 657 g/mol. The maximum atomic E-state index is 10.9. The largest absolute Gasteiger partial charge is 0.492 e. The van der Waals surface area contributed by atoms with Gasteiger partial charge < -0.3 is 35.4 Å². The summed E-state index contributed by atoms with van der Waals surface area (Å²) >= 11 is 0. The van der Waals surface area contributed by atoms with Crippen LogP contribution in [0.1, 0.15) is 43.4 Å². The lowest BCUT2D eigenvalue weighted by molar-refractivity contribution is 0.0166. The fraction of sp³-hybridized carbons (Fsp3) is 0.500. The molecule has 0 amide bonds. The second-order valence-corrected chi connectivity index (χ2v) is 12.4. The average molecular weight is 658 g/mol. The second kappa shape index (κ2) is 22.5. The molecule has 1 aliphatic heterocycles. The minimum absolute atomic E-state index is 0.340. The molecule has 0 aromatic heterocycles. The number of ether oxygens (including phenoxy) is 2. The molecule has 4 rings (SSSR count). The van der Waals surface area contributed by atoms with Gasteiger partial charge in [0.15, 0.2) is 0 Å². The molecule has 0 saturated carbocycles. The molecule has 1 unspecified atom stereocenters. The van der Waals surface area contributed by atoms with Gasteiger partial charge in [-0.05, 0) is 65.9 Å². The Morgan fingerprint density at radius 3 is 1.90 bits per heavy atom. The number of nitrogens with zero attached hydrogens (tertiary/aromatic N) is 2. The summed E-state index contributed by atoms with van der Waals surface area (Å²) in [5.41, 5.74) is 6.08. The second-order valence-electron chi connectivity index (χ2n) is 12.4. The van der Waals surface area contributed by atoms with E-state index < -0.39 is 6.10 Å². The molecule has 8 heteroatoms. The van der Waals surface area contributed by atoms with Crippen LogP contribution < -0.4 is 20.7 Å².